The summed E-state index contributed by atoms with van der Waals surface area (Å²) in [7, 11) is 0. The van der Waals surface area contributed by atoms with Crippen molar-refractivity contribution in [2.24, 2.45) is 5.41 Å². The Balaban J connectivity index is 1.57. The highest BCUT2D eigenvalue weighted by Crippen LogP contribution is 2.36. The number of rotatable bonds is 3. The van der Waals surface area contributed by atoms with E-state index >= 15 is 0 Å². The number of nitrogens with one attached hydrogen (secondary N) is 2. The average molecular weight is 364 g/mol. The summed E-state index contributed by atoms with van der Waals surface area (Å²) < 4.78 is 1.53. The SMILES string of the molecule is Cc1c(C(=O)Nc2ccc(-n3cncn3)nc2)[nH]c2c1C(=O)CC(C)(C)C2. The third-order valence-corrected chi connectivity index (χ3v) is 4.79. The normalized spacial score (nSPS) is 15.4. The maximum absolute atomic E-state index is 12.7. The van der Waals surface area contributed by atoms with Crippen molar-refractivity contribution in [1.29, 1.82) is 0 Å². The van der Waals surface area contributed by atoms with Gasteiger partial charge in [0.1, 0.15) is 18.3 Å². The minimum Gasteiger partial charge on any atom is -0.354 e. The second-order valence-corrected chi connectivity index (χ2v) is 7.62. The van der Waals surface area contributed by atoms with Crippen LogP contribution < -0.4 is 5.32 Å². The summed E-state index contributed by atoms with van der Waals surface area (Å²) in [6.45, 7) is 5.94. The van der Waals surface area contributed by atoms with Crippen LogP contribution in [0.25, 0.3) is 5.82 Å². The molecule has 3 heterocycles. The number of hydrogen-bond acceptors (Lipinski definition) is 5. The Morgan fingerprint density at radius 2 is 2.11 bits per heavy atom. The summed E-state index contributed by atoms with van der Waals surface area (Å²) >= 11 is 0. The van der Waals surface area contributed by atoms with Gasteiger partial charge in [-0.25, -0.2) is 14.6 Å². The van der Waals surface area contributed by atoms with Crippen LogP contribution in [0.3, 0.4) is 0 Å². The standard InChI is InChI=1S/C19H20N6O2/c1-11-16-13(6-19(2,3)7-14(16)26)24-17(11)18(27)23-12-4-5-15(21-8-12)25-10-20-9-22-25/h4-5,8-10,24H,6-7H2,1-3H3,(H,23,27). The Bertz CT molecular complexity index is 1020. The molecule has 4 rings (SSSR count). The van der Waals surface area contributed by atoms with E-state index in [9.17, 15) is 9.59 Å². The topological polar surface area (TPSA) is 106 Å². The predicted molar refractivity (Wildman–Crippen MR) is 99.1 cm³/mol. The van der Waals surface area contributed by atoms with Crippen molar-refractivity contribution in [3.05, 3.63) is 53.5 Å². The molecule has 0 spiro atoms. The first kappa shape index (κ1) is 17.1. The second-order valence-electron chi connectivity index (χ2n) is 7.62. The molecule has 0 bridgehead atoms. The molecule has 0 aliphatic heterocycles. The van der Waals surface area contributed by atoms with Gasteiger partial charge < -0.3 is 10.3 Å². The zero-order valence-electron chi connectivity index (χ0n) is 15.4. The van der Waals surface area contributed by atoms with Crippen LogP contribution in [0.4, 0.5) is 5.69 Å². The Morgan fingerprint density at radius 3 is 2.78 bits per heavy atom. The Labute approximate surface area is 156 Å². The van der Waals surface area contributed by atoms with Crippen LogP contribution >= 0.6 is 0 Å². The fourth-order valence-electron chi connectivity index (χ4n) is 3.58. The molecule has 0 aromatic carbocycles. The molecule has 2 N–H and O–H groups in total. The highest BCUT2D eigenvalue weighted by atomic mass is 16.2. The van der Waals surface area contributed by atoms with Gasteiger partial charge in [0, 0.05) is 17.7 Å². The third-order valence-electron chi connectivity index (χ3n) is 4.79. The number of anilines is 1. The van der Waals surface area contributed by atoms with Gasteiger partial charge in [-0.2, -0.15) is 5.10 Å². The number of aromatic nitrogens is 5. The van der Waals surface area contributed by atoms with Crippen molar-refractivity contribution < 1.29 is 9.59 Å². The van der Waals surface area contributed by atoms with Gasteiger partial charge in [0.25, 0.3) is 5.91 Å². The lowest BCUT2D eigenvalue weighted by atomic mass is 9.75. The van der Waals surface area contributed by atoms with Gasteiger partial charge in [0.15, 0.2) is 11.6 Å². The summed E-state index contributed by atoms with van der Waals surface area (Å²) in [5.74, 6) is 0.403. The summed E-state index contributed by atoms with van der Waals surface area (Å²) in [6.07, 6.45) is 5.77. The van der Waals surface area contributed by atoms with Crippen molar-refractivity contribution in [3.8, 4) is 5.82 Å². The van der Waals surface area contributed by atoms with Gasteiger partial charge in [0.05, 0.1) is 11.9 Å². The van der Waals surface area contributed by atoms with E-state index in [2.05, 4.69) is 39.2 Å². The van der Waals surface area contributed by atoms with E-state index in [1.165, 1.54) is 11.0 Å². The molecule has 0 radical (unpaired) electrons. The molecule has 138 valence electrons. The molecular weight excluding hydrogens is 344 g/mol. The molecule has 8 nitrogen and oxygen atoms in total. The zero-order chi connectivity index (χ0) is 19.2. The molecule has 1 aliphatic carbocycles. The van der Waals surface area contributed by atoms with Crippen molar-refractivity contribution in [2.75, 3.05) is 5.32 Å². The quantitative estimate of drug-likeness (QED) is 0.743. The van der Waals surface area contributed by atoms with Crippen LogP contribution in [0.2, 0.25) is 0 Å². The fourth-order valence-corrected chi connectivity index (χ4v) is 3.58. The molecule has 0 unspecified atom stereocenters. The monoisotopic (exact) mass is 364 g/mol. The first-order chi connectivity index (χ1) is 12.8. The van der Waals surface area contributed by atoms with E-state index in [1.807, 2.05) is 6.92 Å². The second kappa shape index (κ2) is 6.15. The summed E-state index contributed by atoms with van der Waals surface area (Å²) in [5, 5.41) is 6.84. The van der Waals surface area contributed by atoms with Gasteiger partial charge in [-0.3, -0.25) is 9.59 Å². The van der Waals surface area contributed by atoms with Crippen LogP contribution in [0, 0.1) is 12.3 Å². The van der Waals surface area contributed by atoms with Gasteiger partial charge >= 0.3 is 0 Å². The molecule has 3 aromatic rings. The van der Waals surface area contributed by atoms with E-state index in [0.29, 0.717) is 34.7 Å². The molecule has 1 amide bonds. The minimum atomic E-state index is -0.289. The molecule has 0 fully saturated rings. The van der Waals surface area contributed by atoms with Crippen LogP contribution in [0.5, 0.6) is 0 Å². The molecule has 0 saturated carbocycles. The molecule has 8 heteroatoms. The first-order valence-corrected chi connectivity index (χ1v) is 8.71. The lowest BCUT2D eigenvalue weighted by molar-refractivity contribution is 0.0910. The number of pyridine rings is 1. The third kappa shape index (κ3) is 3.14. The highest BCUT2D eigenvalue weighted by molar-refractivity contribution is 6.08. The van der Waals surface area contributed by atoms with E-state index in [-0.39, 0.29) is 17.1 Å². The summed E-state index contributed by atoms with van der Waals surface area (Å²) in [5.41, 5.74) is 3.10. The van der Waals surface area contributed by atoms with Crippen LogP contribution in [0.1, 0.15) is 52.4 Å². The number of ketones is 1. The maximum Gasteiger partial charge on any atom is 0.272 e. The summed E-state index contributed by atoms with van der Waals surface area (Å²) in [4.78, 5) is 36.5. The van der Waals surface area contributed by atoms with Crippen molar-refractivity contribution in [2.45, 2.75) is 33.6 Å². The van der Waals surface area contributed by atoms with E-state index < -0.39 is 0 Å². The van der Waals surface area contributed by atoms with E-state index in [1.54, 1.807) is 24.7 Å². The lowest BCUT2D eigenvalue weighted by Gasteiger charge is -2.28. The van der Waals surface area contributed by atoms with Crippen LogP contribution in [-0.4, -0.2) is 36.4 Å². The first-order valence-electron chi connectivity index (χ1n) is 8.71. The van der Waals surface area contributed by atoms with Crippen molar-refractivity contribution in [1.82, 2.24) is 24.7 Å². The average Bonchev–Trinajstić information content (AvgIpc) is 3.23. The smallest absolute Gasteiger partial charge is 0.272 e. The minimum absolute atomic E-state index is 0.0906. The maximum atomic E-state index is 12.7. The van der Waals surface area contributed by atoms with Crippen molar-refractivity contribution in [3.63, 3.8) is 0 Å². The van der Waals surface area contributed by atoms with Gasteiger partial charge in [-0.1, -0.05) is 13.8 Å². The molecule has 3 aromatic heterocycles. The molecule has 0 atom stereocenters. The number of hydrogen-bond donors (Lipinski definition) is 2. The lowest BCUT2D eigenvalue weighted by Crippen LogP contribution is -2.26. The largest absolute Gasteiger partial charge is 0.354 e. The number of nitrogens with zero attached hydrogens (tertiary/aromatic N) is 4. The Hall–Kier alpha value is -3.29. The van der Waals surface area contributed by atoms with Crippen LogP contribution in [-0.2, 0) is 6.42 Å². The number of fused-ring (bicyclic) bond motifs is 1. The number of H-pyrrole nitrogens is 1. The molecule has 27 heavy (non-hydrogen) atoms. The molecule has 0 saturated heterocycles. The predicted octanol–water partition coefficient (Wildman–Crippen LogP) is 2.71. The zero-order valence-corrected chi connectivity index (χ0v) is 15.4. The van der Waals surface area contributed by atoms with Crippen molar-refractivity contribution >= 4 is 17.4 Å². The number of carbonyl (C=O) groups excluding carboxylic acids is 2. The molecular formula is C19H20N6O2. The van der Waals surface area contributed by atoms with E-state index in [0.717, 1.165) is 12.1 Å². The summed E-state index contributed by atoms with van der Waals surface area (Å²) in [6, 6.07) is 3.48. The number of carbonyl (C=O) groups is 2. The van der Waals surface area contributed by atoms with Gasteiger partial charge in [-0.05, 0) is 36.5 Å². The van der Waals surface area contributed by atoms with Gasteiger partial charge in [0.2, 0.25) is 0 Å². The highest BCUT2D eigenvalue weighted by Gasteiger charge is 2.35. The Kier molecular flexibility index (Phi) is 3.91. The number of aromatic amines is 1. The fraction of sp³-hybridized carbons (Fsp3) is 0.316. The van der Waals surface area contributed by atoms with E-state index in [4.69, 9.17) is 0 Å². The van der Waals surface area contributed by atoms with Crippen LogP contribution in [0.15, 0.2) is 31.0 Å². The number of Topliss-reactive ketones (excluding diaryl/α,β-unsaturated/α-hetero) is 1. The molecule has 1 aliphatic rings. The number of amides is 1. The Morgan fingerprint density at radius 1 is 1.30 bits per heavy atom. The van der Waals surface area contributed by atoms with Gasteiger partial charge in [-0.15, -0.1) is 0 Å².